The van der Waals surface area contributed by atoms with Gasteiger partial charge in [0.15, 0.2) is 0 Å². The average molecular weight is 482 g/mol. The molecule has 5 nitrogen and oxygen atoms in total. The summed E-state index contributed by atoms with van der Waals surface area (Å²) in [5, 5.41) is 12.2. The molecule has 0 saturated heterocycles. The number of hydrogen-bond donors (Lipinski definition) is 1. The monoisotopic (exact) mass is 482 g/mol. The van der Waals surface area contributed by atoms with Crippen molar-refractivity contribution in [2.24, 2.45) is 0 Å². The maximum atomic E-state index is 12.7. The summed E-state index contributed by atoms with van der Waals surface area (Å²) in [6.07, 6.45) is 0.997. The molecular formula is C22H19IN4O. The number of carbonyl (C=O) groups excluding carboxylic acids is 1. The van der Waals surface area contributed by atoms with Crippen molar-refractivity contribution in [1.82, 2.24) is 15.0 Å². The van der Waals surface area contributed by atoms with Gasteiger partial charge in [0.05, 0.1) is 11.3 Å². The molecule has 0 saturated carbocycles. The molecule has 4 rings (SSSR count). The SMILES string of the molecule is CCc1ccc(-n2nc3cc(C)c(NC(=O)c4ccccc4I)cc3n2)cc1. The molecule has 140 valence electrons. The van der Waals surface area contributed by atoms with Crippen molar-refractivity contribution in [1.29, 1.82) is 0 Å². The van der Waals surface area contributed by atoms with Crippen LogP contribution >= 0.6 is 22.6 Å². The number of benzene rings is 3. The number of amides is 1. The Bertz CT molecular complexity index is 1170. The number of aromatic nitrogens is 3. The number of halogens is 1. The van der Waals surface area contributed by atoms with Crippen LogP contribution < -0.4 is 5.32 Å². The minimum Gasteiger partial charge on any atom is -0.322 e. The number of fused-ring (bicyclic) bond motifs is 1. The van der Waals surface area contributed by atoms with E-state index in [9.17, 15) is 4.79 Å². The Balaban J connectivity index is 1.66. The van der Waals surface area contributed by atoms with E-state index < -0.39 is 0 Å². The van der Waals surface area contributed by atoms with E-state index >= 15 is 0 Å². The number of rotatable bonds is 4. The van der Waals surface area contributed by atoms with E-state index in [4.69, 9.17) is 0 Å². The van der Waals surface area contributed by atoms with Crippen molar-refractivity contribution >= 4 is 45.2 Å². The Morgan fingerprint density at radius 1 is 1.04 bits per heavy atom. The van der Waals surface area contributed by atoms with Crippen molar-refractivity contribution in [3.05, 3.63) is 80.9 Å². The summed E-state index contributed by atoms with van der Waals surface area (Å²) < 4.78 is 0.915. The van der Waals surface area contributed by atoms with Gasteiger partial charge in [0.25, 0.3) is 5.91 Å². The summed E-state index contributed by atoms with van der Waals surface area (Å²) in [7, 11) is 0. The zero-order valence-electron chi connectivity index (χ0n) is 15.6. The zero-order chi connectivity index (χ0) is 19.7. The van der Waals surface area contributed by atoms with Gasteiger partial charge in [0, 0.05) is 9.26 Å². The number of aryl methyl sites for hydroxylation is 2. The van der Waals surface area contributed by atoms with Crippen molar-refractivity contribution < 1.29 is 4.79 Å². The smallest absolute Gasteiger partial charge is 0.256 e. The van der Waals surface area contributed by atoms with Crippen molar-refractivity contribution in [2.45, 2.75) is 20.3 Å². The summed E-state index contributed by atoms with van der Waals surface area (Å²) in [6.45, 7) is 4.09. The molecule has 0 radical (unpaired) electrons. The highest BCUT2D eigenvalue weighted by Gasteiger charge is 2.13. The van der Waals surface area contributed by atoms with Gasteiger partial charge in [0.2, 0.25) is 0 Å². The third kappa shape index (κ3) is 3.64. The first-order valence-corrected chi connectivity index (χ1v) is 10.2. The minimum absolute atomic E-state index is 0.130. The lowest BCUT2D eigenvalue weighted by Crippen LogP contribution is -2.14. The highest BCUT2D eigenvalue weighted by Crippen LogP contribution is 2.23. The summed E-state index contributed by atoms with van der Waals surface area (Å²) in [5.41, 5.74) is 6.06. The molecule has 0 unspecified atom stereocenters. The first-order valence-electron chi connectivity index (χ1n) is 9.08. The van der Waals surface area contributed by atoms with Crippen LogP contribution in [0.25, 0.3) is 16.7 Å². The van der Waals surface area contributed by atoms with Crippen LogP contribution in [0.2, 0.25) is 0 Å². The van der Waals surface area contributed by atoms with Gasteiger partial charge < -0.3 is 5.32 Å². The van der Waals surface area contributed by atoms with Gasteiger partial charge in [-0.3, -0.25) is 4.79 Å². The Kier molecular flexibility index (Phi) is 5.13. The van der Waals surface area contributed by atoms with E-state index in [-0.39, 0.29) is 5.91 Å². The molecule has 28 heavy (non-hydrogen) atoms. The van der Waals surface area contributed by atoms with Crippen LogP contribution in [0, 0.1) is 10.5 Å². The van der Waals surface area contributed by atoms with E-state index in [1.807, 2.05) is 55.5 Å². The fourth-order valence-corrected chi connectivity index (χ4v) is 3.65. The van der Waals surface area contributed by atoms with Gasteiger partial charge in [-0.15, -0.1) is 10.2 Å². The number of hydrogen-bond acceptors (Lipinski definition) is 3. The highest BCUT2D eigenvalue weighted by molar-refractivity contribution is 14.1. The third-order valence-electron chi connectivity index (χ3n) is 4.67. The van der Waals surface area contributed by atoms with E-state index in [1.165, 1.54) is 5.56 Å². The fraction of sp³-hybridized carbons (Fsp3) is 0.136. The fourth-order valence-electron chi connectivity index (χ4n) is 3.02. The molecule has 0 bridgehead atoms. The lowest BCUT2D eigenvalue weighted by Gasteiger charge is -2.09. The van der Waals surface area contributed by atoms with Gasteiger partial charge in [0.1, 0.15) is 11.0 Å². The molecule has 0 fully saturated rings. The molecule has 0 aliphatic carbocycles. The van der Waals surface area contributed by atoms with Crippen molar-refractivity contribution in [2.75, 3.05) is 5.32 Å². The van der Waals surface area contributed by atoms with E-state index in [0.29, 0.717) is 5.56 Å². The van der Waals surface area contributed by atoms with Gasteiger partial charge in [-0.05, 0) is 83.5 Å². The van der Waals surface area contributed by atoms with Crippen LogP contribution in [-0.2, 0) is 6.42 Å². The average Bonchev–Trinajstić information content (AvgIpc) is 3.11. The predicted molar refractivity (Wildman–Crippen MR) is 120 cm³/mol. The Labute approximate surface area is 176 Å². The minimum atomic E-state index is -0.130. The Morgan fingerprint density at radius 3 is 2.39 bits per heavy atom. The van der Waals surface area contributed by atoms with Gasteiger partial charge in [-0.2, -0.15) is 4.80 Å². The standard InChI is InChI=1S/C22H19IN4O/c1-3-15-8-10-16(11-9-15)27-25-20-12-14(2)19(13-21(20)26-27)24-22(28)17-6-4-5-7-18(17)23/h4-13H,3H2,1-2H3,(H,24,28). The number of carbonyl (C=O) groups is 1. The predicted octanol–water partition coefficient (Wildman–Crippen LogP) is 5.15. The molecule has 0 aliphatic heterocycles. The lowest BCUT2D eigenvalue weighted by atomic mass is 10.1. The molecule has 1 N–H and O–H groups in total. The van der Waals surface area contributed by atoms with Gasteiger partial charge in [-0.25, -0.2) is 0 Å². The van der Waals surface area contributed by atoms with Crippen molar-refractivity contribution in [3.63, 3.8) is 0 Å². The van der Waals surface area contributed by atoms with E-state index in [0.717, 1.165) is 38.0 Å². The van der Waals surface area contributed by atoms with Crippen LogP contribution in [0.4, 0.5) is 5.69 Å². The zero-order valence-corrected chi connectivity index (χ0v) is 17.8. The maximum absolute atomic E-state index is 12.7. The van der Waals surface area contributed by atoms with Gasteiger partial charge in [-0.1, -0.05) is 31.2 Å². The van der Waals surface area contributed by atoms with Crippen LogP contribution in [0.3, 0.4) is 0 Å². The molecule has 4 aromatic rings. The lowest BCUT2D eigenvalue weighted by molar-refractivity contribution is 0.102. The number of anilines is 1. The molecule has 1 heterocycles. The second-order valence-corrected chi connectivity index (χ2v) is 7.76. The van der Waals surface area contributed by atoms with Crippen molar-refractivity contribution in [3.8, 4) is 5.69 Å². The summed E-state index contributed by atoms with van der Waals surface area (Å²) in [4.78, 5) is 14.3. The molecular weight excluding hydrogens is 463 g/mol. The van der Waals surface area contributed by atoms with Crippen LogP contribution in [0.5, 0.6) is 0 Å². The third-order valence-corrected chi connectivity index (χ3v) is 5.61. The largest absolute Gasteiger partial charge is 0.322 e. The van der Waals surface area contributed by atoms with Crippen LogP contribution in [0.15, 0.2) is 60.7 Å². The normalized spacial score (nSPS) is 11.0. The summed E-state index contributed by atoms with van der Waals surface area (Å²) >= 11 is 2.17. The molecule has 0 spiro atoms. The summed E-state index contributed by atoms with van der Waals surface area (Å²) in [6, 6.07) is 19.6. The molecule has 3 aromatic carbocycles. The van der Waals surface area contributed by atoms with E-state index in [2.05, 4.69) is 57.2 Å². The van der Waals surface area contributed by atoms with Crippen LogP contribution in [0.1, 0.15) is 28.4 Å². The Hall–Kier alpha value is -2.74. The molecule has 1 amide bonds. The second kappa shape index (κ2) is 7.71. The molecule has 0 aliphatic rings. The van der Waals surface area contributed by atoms with Gasteiger partial charge >= 0.3 is 0 Å². The molecule has 1 aromatic heterocycles. The summed E-state index contributed by atoms with van der Waals surface area (Å²) in [5.74, 6) is -0.130. The first-order chi connectivity index (χ1) is 13.5. The second-order valence-electron chi connectivity index (χ2n) is 6.60. The maximum Gasteiger partial charge on any atom is 0.256 e. The quantitative estimate of drug-likeness (QED) is 0.410. The number of nitrogens with one attached hydrogen (secondary N) is 1. The van der Waals surface area contributed by atoms with E-state index in [1.54, 1.807) is 4.80 Å². The number of nitrogens with zero attached hydrogens (tertiary/aromatic N) is 3. The van der Waals surface area contributed by atoms with Crippen LogP contribution in [-0.4, -0.2) is 20.9 Å². The molecule has 0 atom stereocenters. The topological polar surface area (TPSA) is 59.8 Å². The Morgan fingerprint density at radius 2 is 1.71 bits per heavy atom. The first kappa shape index (κ1) is 18.6. The highest BCUT2D eigenvalue weighted by atomic mass is 127. The molecule has 6 heteroatoms.